The highest BCUT2D eigenvalue weighted by atomic mass is 35.5. The molecular weight excluding hydrogens is 275 g/mol. The zero-order chi connectivity index (χ0) is 14.2. The van der Waals surface area contributed by atoms with Gasteiger partial charge in [0, 0.05) is 7.05 Å². The summed E-state index contributed by atoms with van der Waals surface area (Å²) in [5.74, 6) is -1.83. The van der Waals surface area contributed by atoms with E-state index < -0.39 is 11.8 Å². The van der Waals surface area contributed by atoms with Crippen LogP contribution in [0.25, 0.3) is 11.3 Å². The molecule has 0 radical (unpaired) electrons. The summed E-state index contributed by atoms with van der Waals surface area (Å²) in [6.07, 6.45) is 0. The van der Waals surface area contributed by atoms with Crippen molar-refractivity contribution >= 4 is 17.6 Å². The number of halogens is 2. The smallest absolute Gasteiger partial charge is 0.356 e. The lowest BCUT2D eigenvalue weighted by molar-refractivity contribution is 0.0689. The van der Waals surface area contributed by atoms with Gasteiger partial charge in [0.05, 0.1) is 23.4 Å². The van der Waals surface area contributed by atoms with Crippen molar-refractivity contribution in [2.75, 3.05) is 7.11 Å². The average molecular weight is 285 g/mol. The van der Waals surface area contributed by atoms with Crippen LogP contribution >= 0.6 is 11.6 Å². The average Bonchev–Trinajstić information content (AvgIpc) is 2.72. The van der Waals surface area contributed by atoms with Gasteiger partial charge in [-0.3, -0.25) is 4.68 Å². The summed E-state index contributed by atoms with van der Waals surface area (Å²) in [5, 5.41) is 12.8. The third-order valence-electron chi connectivity index (χ3n) is 2.63. The molecule has 19 heavy (non-hydrogen) atoms. The maximum Gasteiger partial charge on any atom is 0.356 e. The Balaban J connectivity index is 2.68. The zero-order valence-corrected chi connectivity index (χ0v) is 10.9. The third-order valence-corrected chi connectivity index (χ3v) is 2.95. The molecule has 0 fully saturated rings. The molecule has 0 aliphatic carbocycles. The molecule has 0 atom stereocenters. The molecule has 0 saturated carbocycles. The second-order valence-corrected chi connectivity index (χ2v) is 4.19. The van der Waals surface area contributed by atoms with Crippen LogP contribution in [0, 0.1) is 5.82 Å². The molecule has 0 aliphatic rings. The van der Waals surface area contributed by atoms with Gasteiger partial charge in [-0.15, -0.1) is 0 Å². The summed E-state index contributed by atoms with van der Waals surface area (Å²) in [6.45, 7) is 0. The van der Waals surface area contributed by atoms with Gasteiger partial charge in [0.15, 0.2) is 17.3 Å². The van der Waals surface area contributed by atoms with E-state index in [1.54, 1.807) is 0 Å². The van der Waals surface area contributed by atoms with Crippen molar-refractivity contribution in [2.45, 2.75) is 0 Å². The zero-order valence-electron chi connectivity index (χ0n) is 10.1. The number of aromatic nitrogens is 2. The first-order valence-corrected chi connectivity index (χ1v) is 5.63. The van der Waals surface area contributed by atoms with E-state index in [-0.39, 0.29) is 27.7 Å². The molecule has 0 spiro atoms. The van der Waals surface area contributed by atoms with E-state index in [1.807, 2.05) is 0 Å². The minimum atomic E-state index is -1.19. The number of aromatic carboxylic acids is 1. The van der Waals surface area contributed by atoms with Crippen molar-refractivity contribution in [3.8, 4) is 17.0 Å². The summed E-state index contributed by atoms with van der Waals surface area (Å²) in [6, 6.07) is 4.13. The first-order valence-electron chi connectivity index (χ1n) is 5.25. The Bertz CT molecular complexity index is 655. The number of ether oxygens (including phenoxy) is 1. The molecule has 1 aromatic carbocycles. The van der Waals surface area contributed by atoms with E-state index in [4.69, 9.17) is 21.4 Å². The van der Waals surface area contributed by atoms with E-state index >= 15 is 0 Å². The topological polar surface area (TPSA) is 64.3 Å². The Morgan fingerprint density at radius 2 is 2.21 bits per heavy atom. The van der Waals surface area contributed by atoms with Gasteiger partial charge in [-0.2, -0.15) is 5.10 Å². The molecule has 1 heterocycles. The molecule has 2 aromatic rings. The summed E-state index contributed by atoms with van der Waals surface area (Å²) in [4.78, 5) is 10.9. The van der Waals surface area contributed by atoms with Crippen LogP contribution in [-0.2, 0) is 7.05 Å². The molecular formula is C12H10ClFN2O3. The maximum atomic E-state index is 14.2. The van der Waals surface area contributed by atoms with Crippen LogP contribution in [-0.4, -0.2) is 28.0 Å². The summed E-state index contributed by atoms with van der Waals surface area (Å²) in [5.41, 5.74) is 0.137. The monoisotopic (exact) mass is 284 g/mol. The van der Waals surface area contributed by atoms with Gasteiger partial charge in [-0.05, 0) is 18.2 Å². The Morgan fingerprint density at radius 3 is 2.74 bits per heavy atom. The fourth-order valence-corrected chi connectivity index (χ4v) is 1.97. The molecule has 0 bridgehead atoms. The number of hydrogen-bond acceptors (Lipinski definition) is 3. The maximum absolute atomic E-state index is 14.2. The van der Waals surface area contributed by atoms with E-state index in [0.717, 1.165) is 0 Å². The van der Waals surface area contributed by atoms with Crippen LogP contribution in [0.5, 0.6) is 5.75 Å². The van der Waals surface area contributed by atoms with Crippen LogP contribution in [0.3, 0.4) is 0 Å². The van der Waals surface area contributed by atoms with E-state index in [2.05, 4.69) is 5.10 Å². The van der Waals surface area contributed by atoms with Gasteiger partial charge in [0.1, 0.15) is 0 Å². The molecule has 100 valence electrons. The quantitative estimate of drug-likeness (QED) is 0.941. The molecule has 1 N–H and O–H groups in total. The van der Waals surface area contributed by atoms with Crippen molar-refractivity contribution in [1.29, 1.82) is 0 Å². The van der Waals surface area contributed by atoms with Crippen molar-refractivity contribution in [1.82, 2.24) is 9.78 Å². The van der Waals surface area contributed by atoms with Gasteiger partial charge in [-0.1, -0.05) is 11.6 Å². The predicted molar refractivity (Wildman–Crippen MR) is 67.1 cm³/mol. The van der Waals surface area contributed by atoms with Crippen molar-refractivity contribution in [2.24, 2.45) is 7.05 Å². The number of methoxy groups -OCH3 is 1. The Kier molecular flexibility index (Phi) is 3.44. The standard InChI is InChI=1S/C12H10ClFN2O3/c1-16-8(5-7(15-16)12(17)18)10-6(13)3-4-9(19-2)11(10)14/h3-5H,1-2H3,(H,17,18). The lowest BCUT2D eigenvalue weighted by atomic mass is 10.1. The van der Waals surface area contributed by atoms with Gasteiger partial charge in [0.2, 0.25) is 0 Å². The highest BCUT2D eigenvalue weighted by Gasteiger charge is 2.20. The number of aryl methyl sites for hydroxylation is 1. The predicted octanol–water partition coefficient (Wildman–Crippen LogP) is 2.59. The molecule has 0 amide bonds. The molecule has 0 unspecified atom stereocenters. The molecule has 0 aliphatic heterocycles. The minimum Gasteiger partial charge on any atom is -0.494 e. The number of rotatable bonds is 3. The van der Waals surface area contributed by atoms with Gasteiger partial charge < -0.3 is 9.84 Å². The Labute approximate surface area is 113 Å². The number of carbonyl (C=O) groups is 1. The number of hydrogen-bond donors (Lipinski definition) is 1. The van der Waals surface area contributed by atoms with Crippen LogP contribution in [0.15, 0.2) is 18.2 Å². The SMILES string of the molecule is COc1ccc(Cl)c(-c2cc(C(=O)O)nn2C)c1F. The summed E-state index contributed by atoms with van der Waals surface area (Å²) < 4.78 is 20.3. The van der Waals surface area contributed by atoms with Crippen molar-refractivity contribution in [3.63, 3.8) is 0 Å². The highest BCUT2D eigenvalue weighted by Crippen LogP contribution is 2.35. The largest absolute Gasteiger partial charge is 0.494 e. The highest BCUT2D eigenvalue weighted by molar-refractivity contribution is 6.33. The van der Waals surface area contributed by atoms with Crippen LogP contribution < -0.4 is 4.74 Å². The number of nitrogens with zero attached hydrogens (tertiary/aromatic N) is 2. The van der Waals surface area contributed by atoms with Crippen molar-refractivity contribution in [3.05, 3.63) is 34.7 Å². The van der Waals surface area contributed by atoms with Gasteiger partial charge in [-0.25, -0.2) is 9.18 Å². The normalized spacial score (nSPS) is 10.5. The van der Waals surface area contributed by atoms with Gasteiger partial charge in [0.25, 0.3) is 0 Å². The van der Waals surface area contributed by atoms with Crippen molar-refractivity contribution < 1.29 is 19.0 Å². The van der Waals surface area contributed by atoms with E-state index in [9.17, 15) is 9.18 Å². The van der Waals surface area contributed by atoms with Crippen LogP contribution in [0.1, 0.15) is 10.5 Å². The van der Waals surface area contributed by atoms with Crippen LogP contribution in [0.2, 0.25) is 5.02 Å². The van der Waals surface area contributed by atoms with E-state index in [0.29, 0.717) is 0 Å². The number of benzene rings is 1. The first-order chi connectivity index (χ1) is 8.95. The second kappa shape index (κ2) is 4.89. The molecule has 1 aromatic heterocycles. The number of carboxylic acid groups (broad SMARTS) is 1. The lowest BCUT2D eigenvalue weighted by Crippen LogP contribution is -2.00. The van der Waals surface area contributed by atoms with Crippen LogP contribution in [0.4, 0.5) is 4.39 Å². The minimum absolute atomic E-state index is 0.0254. The Hall–Kier alpha value is -2.08. The first kappa shape index (κ1) is 13.4. The fraction of sp³-hybridized carbons (Fsp3) is 0.167. The molecule has 5 nitrogen and oxygen atoms in total. The second-order valence-electron chi connectivity index (χ2n) is 3.78. The van der Waals surface area contributed by atoms with E-state index in [1.165, 1.54) is 37.0 Å². The third kappa shape index (κ3) is 2.26. The fourth-order valence-electron chi connectivity index (χ4n) is 1.73. The molecule has 2 rings (SSSR count). The Morgan fingerprint density at radius 1 is 1.53 bits per heavy atom. The summed E-state index contributed by atoms with van der Waals surface area (Å²) >= 11 is 5.97. The molecule has 7 heteroatoms. The number of carboxylic acids is 1. The van der Waals surface area contributed by atoms with Gasteiger partial charge >= 0.3 is 5.97 Å². The summed E-state index contributed by atoms with van der Waals surface area (Å²) in [7, 11) is 2.85. The molecule has 0 saturated heterocycles. The lowest BCUT2D eigenvalue weighted by Gasteiger charge is -2.09.